The van der Waals surface area contributed by atoms with Gasteiger partial charge in [-0.1, -0.05) is 29.5 Å². The fourth-order valence-corrected chi connectivity index (χ4v) is 4.33. The van der Waals surface area contributed by atoms with Gasteiger partial charge in [0.15, 0.2) is 16.3 Å². The molecule has 4 rings (SSSR count). The number of thiazole rings is 1. The molecule has 0 unspecified atom stereocenters. The van der Waals surface area contributed by atoms with Gasteiger partial charge in [0.25, 0.3) is 5.91 Å². The van der Waals surface area contributed by atoms with Crippen molar-refractivity contribution in [2.24, 2.45) is 4.99 Å². The van der Waals surface area contributed by atoms with Crippen LogP contribution in [0, 0.1) is 11.3 Å². The summed E-state index contributed by atoms with van der Waals surface area (Å²) in [7, 11) is 3.18. The third kappa shape index (κ3) is 2.98. The Morgan fingerprint density at radius 2 is 1.89 bits per heavy atom. The van der Waals surface area contributed by atoms with Crippen molar-refractivity contribution in [1.82, 2.24) is 4.57 Å². The van der Waals surface area contributed by atoms with Gasteiger partial charge in [0.2, 0.25) is 0 Å². The summed E-state index contributed by atoms with van der Waals surface area (Å²) in [6.07, 6.45) is 0.747. The number of aryl methyl sites for hydroxylation is 1. The molecule has 3 aromatic rings. The lowest BCUT2D eigenvalue weighted by Gasteiger charge is -2.21. The van der Waals surface area contributed by atoms with Crippen LogP contribution in [0.25, 0.3) is 11.3 Å². The molecular formula is C21H17N3O3S. The number of carbonyl (C=O) groups is 1. The average Bonchev–Trinajstić information content (AvgIpc) is 3.11. The van der Waals surface area contributed by atoms with Gasteiger partial charge in [-0.25, -0.2) is 0 Å². The molecule has 2 aromatic carbocycles. The third-order valence-corrected chi connectivity index (χ3v) is 5.68. The number of benzene rings is 2. The van der Waals surface area contributed by atoms with E-state index in [9.17, 15) is 10.1 Å². The van der Waals surface area contributed by atoms with Crippen LogP contribution in [0.15, 0.2) is 47.5 Å². The zero-order valence-corrected chi connectivity index (χ0v) is 16.2. The molecule has 0 radical (unpaired) electrons. The van der Waals surface area contributed by atoms with Crippen LogP contribution in [-0.2, 0) is 13.0 Å². The van der Waals surface area contributed by atoms with Crippen molar-refractivity contribution in [1.29, 1.82) is 5.26 Å². The predicted octanol–water partition coefficient (Wildman–Crippen LogP) is 3.40. The summed E-state index contributed by atoms with van der Waals surface area (Å²) in [5.41, 5.74) is 3.28. The maximum Gasteiger partial charge on any atom is 0.279 e. The first-order chi connectivity index (χ1) is 13.7. The van der Waals surface area contributed by atoms with Gasteiger partial charge in [-0.2, -0.15) is 10.3 Å². The van der Waals surface area contributed by atoms with Crippen LogP contribution < -0.4 is 14.3 Å². The number of nitriles is 1. The molecule has 6 nitrogen and oxygen atoms in total. The number of aromatic nitrogens is 1. The van der Waals surface area contributed by atoms with Gasteiger partial charge in [-0.05, 0) is 36.2 Å². The first kappa shape index (κ1) is 18.0. The van der Waals surface area contributed by atoms with Crippen LogP contribution in [0.3, 0.4) is 0 Å². The summed E-state index contributed by atoms with van der Waals surface area (Å²) >= 11 is 1.23. The van der Waals surface area contributed by atoms with Crippen LogP contribution in [0.5, 0.6) is 11.5 Å². The minimum Gasteiger partial charge on any atom is -0.493 e. The zero-order valence-electron chi connectivity index (χ0n) is 15.4. The highest BCUT2D eigenvalue weighted by Crippen LogP contribution is 2.40. The van der Waals surface area contributed by atoms with Crippen LogP contribution in [0.1, 0.15) is 20.8 Å². The average molecular weight is 391 g/mol. The van der Waals surface area contributed by atoms with E-state index in [-0.39, 0.29) is 5.91 Å². The lowest BCUT2D eigenvalue weighted by molar-refractivity contribution is 0.0997. The summed E-state index contributed by atoms with van der Waals surface area (Å²) in [5.74, 6) is 0.941. The van der Waals surface area contributed by atoms with Gasteiger partial charge in [-0.15, -0.1) is 0 Å². The third-order valence-electron chi connectivity index (χ3n) is 4.70. The molecule has 0 fully saturated rings. The Balaban J connectivity index is 1.89. The van der Waals surface area contributed by atoms with E-state index >= 15 is 0 Å². The SMILES string of the molecule is COc1cc2c(cc1OC)-c1c(C#N)sc(=NC(=O)c3ccccc3)n1CC2. The number of rotatable bonds is 3. The van der Waals surface area contributed by atoms with Crippen LogP contribution in [0.4, 0.5) is 0 Å². The van der Waals surface area contributed by atoms with Gasteiger partial charge in [-0.3, -0.25) is 4.79 Å². The lowest BCUT2D eigenvalue weighted by Crippen LogP contribution is -2.22. The molecule has 140 valence electrons. The number of hydrogen-bond acceptors (Lipinski definition) is 5. The second-order valence-electron chi connectivity index (χ2n) is 6.22. The smallest absolute Gasteiger partial charge is 0.279 e. The zero-order chi connectivity index (χ0) is 19.7. The van der Waals surface area contributed by atoms with E-state index in [0.717, 1.165) is 23.2 Å². The van der Waals surface area contributed by atoms with Gasteiger partial charge in [0.1, 0.15) is 10.9 Å². The monoisotopic (exact) mass is 391 g/mol. The second-order valence-corrected chi connectivity index (χ2v) is 7.20. The van der Waals surface area contributed by atoms with Crippen molar-refractivity contribution < 1.29 is 14.3 Å². The highest BCUT2D eigenvalue weighted by atomic mass is 32.1. The standard InChI is InChI=1S/C21H17N3O3S/c1-26-16-10-14-8-9-24-19(15(14)11-17(16)27-2)18(12-22)28-21(24)23-20(25)13-6-4-3-5-7-13/h3-7,10-11H,8-9H2,1-2H3. The summed E-state index contributed by atoms with van der Waals surface area (Å²) < 4.78 is 12.8. The number of carbonyl (C=O) groups excluding carboxylic acids is 1. The number of methoxy groups -OCH3 is 2. The van der Waals surface area contributed by atoms with Crippen molar-refractivity contribution in [3.05, 3.63) is 63.3 Å². The van der Waals surface area contributed by atoms with E-state index < -0.39 is 0 Å². The maximum atomic E-state index is 12.5. The highest BCUT2D eigenvalue weighted by Gasteiger charge is 2.25. The van der Waals surface area contributed by atoms with Gasteiger partial charge < -0.3 is 14.0 Å². The Morgan fingerprint density at radius 1 is 1.18 bits per heavy atom. The Labute approximate surface area is 165 Å². The van der Waals surface area contributed by atoms with Crippen LogP contribution in [0.2, 0.25) is 0 Å². The van der Waals surface area contributed by atoms with Crippen molar-refractivity contribution in [3.8, 4) is 28.8 Å². The first-order valence-electron chi connectivity index (χ1n) is 8.69. The fourth-order valence-electron chi connectivity index (χ4n) is 3.36. The van der Waals surface area contributed by atoms with Crippen molar-refractivity contribution in [2.75, 3.05) is 14.2 Å². The predicted molar refractivity (Wildman–Crippen MR) is 106 cm³/mol. The molecule has 0 saturated heterocycles. The highest BCUT2D eigenvalue weighted by molar-refractivity contribution is 7.10. The van der Waals surface area contributed by atoms with E-state index in [2.05, 4.69) is 11.1 Å². The molecule has 28 heavy (non-hydrogen) atoms. The van der Waals surface area contributed by atoms with Crippen molar-refractivity contribution in [2.45, 2.75) is 13.0 Å². The molecular weight excluding hydrogens is 374 g/mol. The molecule has 0 spiro atoms. The molecule has 1 aromatic heterocycles. The minimum absolute atomic E-state index is 0.320. The summed E-state index contributed by atoms with van der Waals surface area (Å²) in [6, 6.07) is 15.0. The Kier molecular flexibility index (Phi) is 4.72. The maximum absolute atomic E-state index is 12.5. The summed E-state index contributed by atoms with van der Waals surface area (Å²) in [5, 5.41) is 9.68. The van der Waals surface area contributed by atoms with E-state index in [1.54, 1.807) is 38.5 Å². The van der Waals surface area contributed by atoms with Crippen molar-refractivity contribution in [3.63, 3.8) is 0 Å². The lowest BCUT2D eigenvalue weighted by atomic mass is 9.96. The van der Waals surface area contributed by atoms with Crippen LogP contribution >= 0.6 is 11.3 Å². The van der Waals surface area contributed by atoms with E-state index in [1.165, 1.54) is 11.3 Å². The Morgan fingerprint density at radius 3 is 2.57 bits per heavy atom. The molecule has 0 aliphatic carbocycles. The summed E-state index contributed by atoms with van der Waals surface area (Å²) in [6.45, 7) is 0.636. The fraction of sp³-hybridized carbons (Fsp3) is 0.190. The van der Waals surface area contributed by atoms with E-state index in [1.807, 2.05) is 22.8 Å². The molecule has 0 N–H and O–H groups in total. The normalized spacial score (nSPS) is 12.7. The van der Waals surface area contributed by atoms with E-state index in [0.29, 0.717) is 33.3 Å². The topological polar surface area (TPSA) is 76.6 Å². The number of nitrogens with zero attached hydrogens (tertiary/aromatic N) is 3. The second kappa shape index (κ2) is 7.33. The van der Waals surface area contributed by atoms with Gasteiger partial charge in [0, 0.05) is 17.7 Å². The van der Waals surface area contributed by atoms with Gasteiger partial charge >= 0.3 is 0 Å². The molecule has 2 heterocycles. The molecule has 1 amide bonds. The van der Waals surface area contributed by atoms with Gasteiger partial charge in [0.05, 0.1) is 19.9 Å². The van der Waals surface area contributed by atoms with Crippen molar-refractivity contribution >= 4 is 17.2 Å². The Bertz CT molecular complexity index is 1170. The largest absolute Gasteiger partial charge is 0.493 e. The Hall–Kier alpha value is -3.37. The number of amides is 1. The van der Waals surface area contributed by atoms with E-state index in [4.69, 9.17) is 9.47 Å². The number of fused-ring (bicyclic) bond motifs is 3. The molecule has 0 atom stereocenters. The summed E-state index contributed by atoms with van der Waals surface area (Å²) in [4.78, 5) is 17.9. The molecule has 7 heteroatoms. The molecule has 1 aliphatic heterocycles. The minimum atomic E-state index is -0.320. The number of hydrogen-bond donors (Lipinski definition) is 0. The van der Waals surface area contributed by atoms with Crippen LogP contribution in [-0.4, -0.2) is 24.7 Å². The molecule has 1 aliphatic rings. The first-order valence-corrected chi connectivity index (χ1v) is 9.51. The molecule has 0 bridgehead atoms. The quantitative estimate of drug-likeness (QED) is 0.686. The number of ether oxygens (including phenoxy) is 2. The molecule has 0 saturated carbocycles.